The second kappa shape index (κ2) is 5.36. The molecule has 0 radical (unpaired) electrons. The van der Waals surface area contributed by atoms with E-state index in [1.807, 2.05) is 0 Å². The van der Waals surface area contributed by atoms with E-state index >= 15 is 0 Å². The summed E-state index contributed by atoms with van der Waals surface area (Å²) < 4.78 is 31.5. The van der Waals surface area contributed by atoms with Crippen LogP contribution in [0, 0.1) is 0 Å². The molecule has 8 heteroatoms. The first-order valence-corrected chi connectivity index (χ1v) is 7.80. The lowest BCUT2D eigenvalue weighted by atomic mass is 9.87. The molecule has 1 aromatic heterocycles. The van der Waals surface area contributed by atoms with E-state index in [0.717, 1.165) is 5.56 Å². The standard InChI is InChI=1S/C13H18N4O3S/c1-13(2,3)9-5-7-10(8-6-9)21(18,19)17-11-14-12(20-4)16-15-11/h5-8H,1-4H3,(H2,14,15,16,17). The lowest BCUT2D eigenvalue weighted by Gasteiger charge is -2.19. The van der Waals surface area contributed by atoms with Gasteiger partial charge < -0.3 is 4.74 Å². The lowest BCUT2D eigenvalue weighted by molar-refractivity contribution is 0.382. The summed E-state index contributed by atoms with van der Waals surface area (Å²) in [6.45, 7) is 6.20. The quantitative estimate of drug-likeness (QED) is 0.899. The van der Waals surface area contributed by atoms with E-state index in [2.05, 4.69) is 40.7 Å². The van der Waals surface area contributed by atoms with Crippen molar-refractivity contribution in [2.45, 2.75) is 31.1 Å². The van der Waals surface area contributed by atoms with Crippen LogP contribution in [0.4, 0.5) is 5.95 Å². The Balaban J connectivity index is 2.23. The van der Waals surface area contributed by atoms with E-state index in [1.165, 1.54) is 7.11 Å². The van der Waals surface area contributed by atoms with Crippen molar-refractivity contribution in [3.05, 3.63) is 29.8 Å². The van der Waals surface area contributed by atoms with E-state index in [-0.39, 0.29) is 22.3 Å². The van der Waals surface area contributed by atoms with Crippen LogP contribution in [0.1, 0.15) is 26.3 Å². The van der Waals surface area contributed by atoms with Crippen molar-refractivity contribution in [2.75, 3.05) is 11.8 Å². The van der Waals surface area contributed by atoms with Gasteiger partial charge in [-0.05, 0) is 23.1 Å². The number of hydrogen-bond donors (Lipinski definition) is 2. The van der Waals surface area contributed by atoms with Crippen LogP contribution in [0.5, 0.6) is 6.01 Å². The second-order valence-corrected chi connectivity index (χ2v) is 7.23. The van der Waals surface area contributed by atoms with Crippen molar-refractivity contribution in [1.82, 2.24) is 15.2 Å². The molecular formula is C13H18N4O3S. The summed E-state index contributed by atoms with van der Waals surface area (Å²) >= 11 is 0. The summed E-state index contributed by atoms with van der Waals surface area (Å²) in [7, 11) is -2.31. The Hall–Kier alpha value is -2.09. The highest BCUT2D eigenvalue weighted by molar-refractivity contribution is 7.92. The highest BCUT2D eigenvalue weighted by Crippen LogP contribution is 2.24. The number of hydrogen-bond acceptors (Lipinski definition) is 5. The Bertz CT molecular complexity index is 715. The number of rotatable bonds is 4. The Morgan fingerprint density at radius 3 is 2.29 bits per heavy atom. The van der Waals surface area contributed by atoms with Gasteiger partial charge in [-0.25, -0.2) is 18.2 Å². The molecule has 2 N–H and O–H groups in total. The predicted molar refractivity (Wildman–Crippen MR) is 78.9 cm³/mol. The van der Waals surface area contributed by atoms with E-state index in [4.69, 9.17) is 4.74 Å². The van der Waals surface area contributed by atoms with E-state index < -0.39 is 10.0 Å². The minimum Gasteiger partial charge on any atom is -0.466 e. The fraction of sp³-hybridized carbons (Fsp3) is 0.385. The number of H-pyrrole nitrogens is 1. The largest absolute Gasteiger partial charge is 0.466 e. The van der Waals surface area contributed by atoms with Gasteiger partial charge in [-0.1, -0.05) is 32.9 Å². The number of anilines is 1. The van der Waals surface area contributed by atoms with Crippen LogP contribution in [0.2, 0.25) is 0 Å². The van der Waals surface area contributed by atoms with Gasteiger partial charge in [-0.2, -0.15) is 4.98 Å². The van der Waals surface area contributed by atoms with Crippen LogP contribution in [0.3, 0.4) is 0 Å². The molecule has 0 aliphatic heterocycles. The molecule has 1 heterocycles. The van der Waals surface area contributed by atoms with Crippen molar-refractivity contribution in [3.63, 3.8) is 0 Å². The van der Waals surface area contributed by atoms with Crippen molar-refractivity contribution in [2.24, 2.45) is 0 Å². The molecule has 114 valence electrons. The topological polar surface area (TPSA) is 97.0 Å². The lowest BCUT2D eigenvalue weighted by Crippen LogP contribution is -2.15. The molecule has 0 saturated heterocycles. The van der Waals surface area contributed by atoms with Crippen molar-refractivity contribution < 1.29 is 13.2 Å². The minimum atomic E-state index is -3.71. The zero-order valence-corrected chi connectivity index (χ0v) is 13.2. The molecule has 0 fully saturated rings. The fourth-order valence-corrected chi connectivity index (χ4v) is 2.66. The number of ether oxygens (including phenoxy) is 1. The van der Waals surface area contributed by atoms with Gasteiger partial charge in [0.1, 0.15) is 0 Å². The Kier molecular flexibility index (Phi) is 3.91. The highest BCUT2D eigenvalue weighted by Gasteiger charge is 2.19. The number of aromatic amines is 1. The third-order valence-corrected chi connectivity index (χ3v) is 4.26. The first kappa shape index (κ1) is 15.3. The van der Waals surface area contributed by atoms with E-state index in [0.29, 0.717) is 0 Å². The molecule has 21 heavy (non-hydrogen) atoms. The van der Waals surface area contributed by atoms with Crippen LogP contribution >= 0.6 is 0 Å². The summed E-state index contributed by atoms with van der Waals surface area (Å²) in [6, 6.07) is 6.80. The molecule has 0 spiro atoms. The molecule has 0 amide bonds. The summed E-state index contributed by atoms with van der Waals surface area (Å²) in [6.07, 6.45) is 0. The van der Waals surface area contributed by atoms with Gasteiger partial charge in [-0.3, -0.25) is 0 Å². The SMILES string of the molecule is COc1n[nH]c(NS(=O)(=O)c2ccc(C(C)(C)C)cc2)n1. The molecule has 0 saturated carbocycles. The Morgan fingerprint density at radius 1 is 1.19 bits per heavy atom. The van der Waals surface area contributed by atoms with Crippen LogP contribution in [-0.4, -0.2) is 30.7 Å². The Morgan fingerprint density at radius 2 is 1.81 bits per heavy atom. The monoisotopic (exact) mass is 310 g/mol. The van der Waals surface area contributed by atoms with Gasteiger partial charge in [0.15, 0.2) is 0 Å². The summed E-state index contributed by atoms with van der Waals surface area (Å²) in [4.78, 5) is 3.98. The van der Waals surface area contributed by atoms with Crippen LogP contribution in [0.15, 0.2) is 29.2 Å². The van der Waals surface area contributed by atoms with Gasteiger partial charge in [0.05, 0.1) is 12.0 Å². The summed E-state index contributed by atoms with van der Waals surface area (Å²) in [5, 5.41) is 6.12. The van der Waals surface area contributed by atoms with Gasteiger partial charge >= 0.3 is 6.01 Å². The number of sulfonamides is 1. The van der Waals surface area contributed by atoms with Crippen LogP contribution in [0.25, 0.3) is 0 Å². The van der Waals surface area contributed by atoms with Gasteiger partial charge in [0.25, 0.3) is 10.0 Å². The van der Waals surface area contributed by atoms with Gasteiger partial charge in [-0.15, -0.1) is 5.10 Å². The number of nitrogens with zero attached hydrogens (tertiary/aromatic N) is 2. The van der Waals surface area contributed by atoms with Gasteiger partial charge in [0, 0.05) is 0 Å². The van der Waals surface area contributed by atoms with Gasteiger partial charge in [0.2, 0.25) is 5.95 Å². The van der Waals surface area contributed by atoms with E-state index in [9.17, 15) is 8.42 Å². The van der Waals surface area contributed by atoms with Crippen LogP contribution < -0.4 is 9.46 Å². The minimum absolute atomic E-state index is 0.00625. The molecule has 2 rings (SSSR count). The van der Waals surface area contributed by atoms with Crippen LogP contribution in [-0.2, 0) is 15.4 Å². The maximum Gasteiger partial charge on any atom is 0.336 e. The number of benzene rings is 1. The second-order valence-electron chi connectivity index (χ2n) is 5.55. The summed E-state index contributed by atoms with van der Waals surface area (Å²) in [5.74, 6) is 0.00625. The predicted octanol–water partition coefficient (Wildman–Crippen LogP) is 1.91. The molecule has 0 aliphatic carbocycles. The fourth-order valence-electron chi connectivity index (χ4n) is 1.70. The average molecular weight is 310 g/mol. The molecule has 0 bridgehead atoms. The number of methoxy groups -OCH3 is 1. The van der Waals surface area contributed by atoms with Crippen molar-refractivity contribution in [3.8, 4) is 6.01 Å². The molecule has 0 atom stereocenters. The highest BCUT2D eigenvalue weighted by atomic mass is 32.2. The maximum atomic E-state index is 12.2. The summed E-state index contributed by atoms with van der Waals surface area (Å²) in [5.41, 5.74) is 1.02. The zero-order valence-electron chi connectivity index (χ0n) is 12.3. The molecule has 0 aliphatic rings. The molecule has 1 aromatic carbocycles. The number of aromatic nitrogens is 3. The third-order valence-electron chi connectivity index (χ3n) is 2.91. The Labute approximate surface area is 123 Å². The molecular weight excluding hydrogens is 292 g/mol. The third kappa shape index (κ3) is 3.52. The first-order valence-electron chi connectivity index (χ1n) is 6.32. The normalized spacial score (nSPS) is 12.2. The maximum absolute atomic E-state index is 12.2. The molecule has 7 nitrogen and oxygen atoms in total. The first-order chi connectivity index (χ1) is 9.72. The zero-order chi connectivity index (χ0) is 15.7. The number of nitrogens with one attached hydrogen (secondary N) is 2. The van der Waals surface area contributed by atoms with E-state index in [1.54, 1.807) is 24.3 Å². The molecule has 0 unspecified atom stereocenters. The average Bonchev–Trinajstić information content (AvgIpc) is 2.85. The smallest absolute Gasteiger partial charge is 0.336 e. The molecule has 2 aromatic rings. The van der Waals surface area contributed by atoms with Crippen molar-refractivity contribution >= 4 is 16.0 Å². The van der Waals surface area contributed by atoms with Crippen molar-refractivity contribution in [1.29, 1.82) is 0 Å².